The molecule has 0 amide bonds. The Morgan fingerprint density at radius 3 is 2.67 bits per heavy atom. The molecule has 1 unspecified atom stereocenters. The van der Waals surface area contributed by atoms with Crippen molar-refractivity contribution in [3.8, 4) is 5.75 Å². The summed E-state index contributed by atoms with van der Waals surface area (Å²) >= 11 is -2.25. The monoisotopic (exact) mass is 358 g/mol. The Labute approximate surface area is 130 Å². The van der Waals surface area contributed by atoms with Crippen LogP contribution in [0.5, 0.6) is 5.75 Å². The largest absolute Gasteiger partial charge is 0.412 e. The standard InChI is InChI=1S/C14H20GeNO4.H2O/c1-12-4-2-3-5-14(12)17-11-13-10-16-6-8-18-15(20-13)19-9-7-16;/h2-5,13H,6-11H2,1H3;1H2. The first-order valence-electron chi connectivity index (χ1n) is 7.01. The van der Waals surface area contributed by atoms with E-state index in [0.29, 0.717) is 6.61 Å². The molecule has 1 radical (unpaired) electrons. The number of ether oxygens (including phenoxy) is 1. The van der Waals surface area contributed by atoms with Crippen LogP contribution in [0.15, 0.2) is 24.3 Å². The molecule has 2 bridgehead atoms. The minimum atomic E-state index is -2.25. The molecule has 21 heavy (non-hydrogen) atoms. The van der Waals surface area contributed by atoms with E-state index in [2.05, 4.69) is 17.9 Å². The second kappa shape index (κ2) is 8.12. The van der Waals surface area contributed by atoms with Gasteiger partial charge in [-0.1, -0.05) is 0 Å². The van der Waals surface area contributed by atoms with E-state index in [-0.39, 0.29) is 11.6 Å². The minimum absolute atomic E-state index is 0. The number of hydrogen-bond acceptors (Lipinski definition) is 5. The van der Waals surface area contributed by atoms with E-state index >= 15 is 0 Å². The molecule has 3 saturated heterocycles. The van der Waals surface area contributed by atoms with Gasteiger partial charge in [-0.2, -0.15) is 0 Å². The third-order valence-electron chi connectivity index (χ3n) is 3.50. The van der Waals surface area contributed by atoms with E-state index < -0.39 is 15.4 Å². The van der Waals surface area contributed by atoms with Crippen LogP contribution in [0.25, 0.3) is 0 Å². The first kappa shape index (κ1) is 16.7. The maximum absolute atomic E-state index is 5.98. The third kappa shape index (κ3) is 4.67. The zero-order valence-electron chi connectivity index (χ0n) is 12.2. The first-order valence-corrected chi connectivity index (χ1v) is 9.58. The fourth-order valence-electron chi connectivity index (χ4n) is 2.37. The number of nitrogens with zero attached hydrogens (tertiary/aromatic N) is 1. The molecule has 3 aliphatic rings. The van der Waals surface area contributed by atoms with Gasteiger partial charge in [0.25, 0.3) is 0 Å². The van der Waals surface area contributed by atoms with Gasteiger partial charge in [-0.25, -0.2) is 0 Å². The molecule has 0 aromatic heterocycles. The van der Waals surface area contributed by atoms with E-state index in [4.69, 9.17) is 16.0 Å². The van der Waals surface area contributed by atoms with Gasteiger partial charge < -0.3 is 5.48 Å². The number of hydrogen-bond donors (Lipinski definition) is 0. The van der Waals surface area contributed by atoms with Gasteiger partial charge in [0.2, 0.25) is 0 Å². The zero-order valence-corrected chi connectivity index (χ0v) is 14.3. The second-order valence-corrected chi connectivity index (χ2v) is 7.82. The molecule has 0 aliphatic carbocycles. The predicted octanol–water partition coefficient (Wildman–Crippen LogP) is 0.282. The minimum Gasteiger partial charge on any atom is -0.412 e. The van der Waals surface area contributed by atoms with Crippen LogP contribution in [0.2, 0.25) is 0 Å². The van der Waals surface area contributed by atoms with Gasteiger partial charge in [-0.3, -0.25) is 0 Å². The average molecular weight is 357 g/mol. The molecule has 0 saturated carbocycles. The van der Waals surface area contributed by atoms with Crippen LogP contribution in [-0.2, 0) is 11.3 Å². The SMILES string of the molecule is Cc1ccccc1OCC1CN2CC[O][Ge]([O]CC2)[O]1.O. The van der Waals surface area contributed by atoms with Crippen LogP contribution >= 0.6 is 0 Å². The summed E-state index contributed by atoms with van der Waals surface area (Å²) in [5.74, 6) is 0.921. The Morgan fingerprint density at radius 2 is 1.95 bits per heavy atom. The summed E-state index contributed by atoms with van der Waals surface area (Å²) in [7, 11) is 0. The van der Waals surface area contributed by atoms with E-state index in [1.807, 2.05) is 18.2 Å². The Bertz CT molecular complexity index is 423. The number of para-hydroxylation sites is 1. The van der Waals surface area contributed by atoms with Crippen LogP contribution in [-0.4, -0.2) is 71.3 Å². The van der Waals surface area contributed by atoms with Gasteiger partial charge in [0.05, 0.1) is 0 Å². The van der Waals surface area contributed by atoms with Crippen molar-refractivity contribution in [3.63, 3.8) is 0 Å². The van der Waals surface area contributed by atoms with Crippen molar-refractivity contribution in [1.82, 2.24) is 4.90 Å². The van der Waals surface area contributed by atoms with Gasteiger partial charge in [-0.05, 0) is 0 Å². The van der Waals surface area contributed by atoms with E-state index in [9.17, 15) is 0 Å². The van der Waals surface area contributed by atoms with Crippen LogP contribution in [0.1, 0.15) is 5.56 Å². The van der Waals surface area contributed by atoms with E-state index in [1.165, 1.54) is 0 Å². The van der Waals surface area contributed by atoms with Gasteiger partial charge in [0.1, 0.15) is 0 Å². The maximum Gasteiger partial charge on any atom is -0.412 e. The molecule has 3 fully saturated rings. The summed E-state index contributed by atoms with van der Waals surface area (Å²) in [4.78, 5) is 2.32. The number of aryl methyl sites for hydroxylation is 1. The Kier molecular flexibility index (Phi) is 6.47. The summed E-state index contributed by atoms with van der Waals surface area (Å²) in [6.45, 7) is 6.87. The Balaban J connectivity index is 0.00000161. The van der Waals surface area contributed by atoms with Gasteiger partial charge in [0, 0.05) is 0 Å². The molecular weight excluding hydrogens is 335 g/mol. The number of benzene rings is 1. The Hall–Kier alpha value is -0.637. The van der Waals surface area contributed by atoms with Crippen molar-refractivity contribution >= 4 is 15.4 Å². The molecule has 117 valence electrons. The van der Waals surface area contributed by atoms with Crippen molar-refractivity contribution in [2.24, 2.45) is 0 Å². The van der Waals surface area contributed by atoms with Crippen molar-refractivity contribution < 1.29 is 21.5 Å². The molecule has 1 aromatic rings. The first-order chi connectivity index (χ1) is 9.81. The molecule has 3 aliphatic heterocycles. The van der Waals surface area contributed by atoms with E-state index in [0.717, 1.165) is 44.2 Å². The Morgan fingerprint density at radius 1 is 1.24 bits per heavy atom. The summed E-state index contributed by atoms with van der Waals surface area (Å²) < 4.78 is 23.3. The molecule has 1 atom stereocenters. The topological polar surface area (TPSA) is 71.7 Å². The third-order valence-corrected chi connectivity index (χ3v) is 6.45. The molecule has 4 rings (SSSR count). The van der Waals surface area contributed by atoms with Crippen molar-refractivity contribution in [2.45, 2.75) is 13.0 Å². The van der Waals surface area contributed by atoms with Gasteiger partial charge in [0.15, 0.2) is 0 Å². The average Bonchev–Trinajstić information content (AvgIpc) is 2.37. The molecule has 2 N–H and O–H groups in total. The molecule has 0 spiro atoms. The fourth-order valence-corrected chi connectivity index (χ4v) is 4.78. The molecule has 7 heteroatoms. The van der Waals surface area contributed by atoms with Crippen LogP contribution in [0, 0.1) is 6.92 Å². The van der Waals surface area contributed by atoms with E-state index in [1.54, 1.807) is 0 Å². The second-order valence-electron chi connectivity index (χ2n) is 5.06. The van der Waals surface area contributed by atoms with Gasteiger partial charge >= 0.3 is 124 Å². The summed E-state index contributed by atoms with van der Waals surface area (Å²) in [6, 6.07) is 8.05. The summed E-state index contributed by atoms with van der Waals surface area (Å²) in [5, 5.41) is 0. The smallest absolute Gasteiger partial charge is 0.412 e. The molecule has 3 heterocycles. The maximum atomic E-state index is 5.98. The quantitative estimate of drug-likeness (QED) is 0.727. The van der Waals surface area contributed by atoms with Crippen molar-refractivity contribution in [3.05, 3.63) is 29.8 Å². The van der Waals surface area contributed by atoms with Crippen LogP contribution in [0.4, 0.5) is 0 Å². The molecule has 1 aromatic carbocycles. The van der Waals surface area contributed by atoms with Crippen molar-refractivity contribution in [1.29, 1.82) is 0 Å². The summed E-state index contributed by atoms with van der Waals surface area (Å²) in [5.41, 5.74) is 1.14. The number of rotatable bonds is 3. The predicted molar refractivity (Wildman–Crippen MR) is 79.3 cm³/mol. The zero-order chi connectivity index (χ0) is 13.8. The van der Waals surface area contributed by atoms with Crippen LogP contribution < -0.4 is 4.74 Å². The van der Waals surface area contributed by atoms with Crippen LogP contribution in [0.3, 0.4) is 0 Å². The van der Waals surface area contributed by atoms with Gasteiger partial charge in [-0.15, -0.1) is 0 Å². The normalized spacial score (nSPS) is 26.3. The fraction of sp³-hybridized carbons (Fsp3) is 0.571. The molecule has 6 nitrogen and oxygen atoms in total. The molecular formula is C14H22GeNO5. The van der Waals surface area contributed by atoms with Crippen molar-refractivity contribution in [2.75, 3.05) is 39.5 Å². The number of fused-ring (bicyclic) bond motifs is 6. The summed E-state index contributed by atoms with van der Waals surface area (Å²) in [6.07, 6.45) is 0.0326.